The summed E-state index contributed by atoms with van der Waals surface area (Å²) in [6.45, 7) is 0. The maximum atomic E-state index is 11.2. The first-order chi connectivity index (χ1) is 9.36. The quantitative estimate of drug-likeness (QED) is 0.248. The standard InChI is InChI=1S/3C2H2O4.H2O.2Sb/c3*3-1(4)2(5)6;;;/h3*(H,3,4)(H,5,6);1H2;;/q;;;;2*+3/p-6. The number of carbonyl (C=O) groups is 6. The molecule has 0 saturated carbocycles. The Morgan fingerprint density at radius 3 is 1.14 bits per heavy atom. The molecule has 0 spiro atoms. The molecule has 2 N–H and O–H groups in total. The van der Waals surface area contributed by atoms with Gasteiger partial charge in [-0.2, -0.15) is 0 Å². The second kappa shape index (κ2) is 6.92. The van der Waals surface area contributed by atoms with Crippen LogP contribution in [-0.4, -0.2) is 84.2 Å². The molecule has 0 radical (unpaired) electrons. The molecule has 13 nitrogen and oxygen atoms in total. The van der Waals surface area contributed by atoms with Crippen LogP contribution in [0, 0.1) is 0 Å². The van der Waals surface area contributed by atoms with E-state index in [1.54, 1.807) is 0 Å². The van der Waals surface area contributed by atoms with Crippen molar-refractivity contribution in [3.8, 4) is 0 Å². The van der Waals surface area contributed by atoms with Crippen molar-refractivity contribution in [3.05, 3.63) is 0 Å². The van der Waals surface area contributed by atoms with E-state index in [9.17, 15) is 28.8 Å². The van der Waals surface area contributed by atoms with Crippen LogP contribution in [-0.2, 0) is 46.9 Å². The van der Waals surface area contributed by atoms with Gasteiger partial charge in [0, 0.05) is 0 Å². The zero-order chi connectivity index (χ0) is 14.9. The Hall–Kier alpha value is -1.58. The summed E-state index contributed by atoms with van der Waals surface area (Å²) in [7, 11) is 0. The Balaban J connectivity index is 0.00000220. The minimum absolute atomic E-state index is 0. The first kappa shape index (κ1) is 17.5. The normalized spacial score (nSPS) is 18.1. The molecule has 2 heterocycles. The van der Waals surface area contributed by atoms with Crippen LogP contribution in [0.1, 0.15) is 0 Å². The summed E-state index contributed by atoms with van der Waals surface area (Å²) in [5.74, 6) is -8.57. The van der Waals surface area contributed by atoms with Gasteiger partial charge in [0.1, 0.15) is 0 Å². The van der Waals surface area contributed by atoms with Crippen LogP contribution in [0.4, 0.5) is 0 Å². The molecule has 0 aromatic heterocycles. The van der Waals surface area contributed by atoms with Crippen LogP contribution in [0.3, 0.4) is 0 Å². The van der Waals surface area contributed by atoms with E-state index < -0.39 is 78.8 Å². The second-order valence-corrected chi connectivity index (χ2v) is 8.40. The maximum absolute atomic E-state index is 11.2. The molecule has 2 rings (SSSR count). The fraction of sp³-hybridized carbons (Fsp3) is 0. The van der Waals surface area contributed by atoms with E-state index in [0.29, 0.717) is 0 Å². The van der Waals surface area contributed by atoms with Crippen molar-refractivity contribution in [2.24, 2.45) is 0 Å². The molecule has 114 valence electrons. The van der Waals surface area contributed by atoms with E-state index in [0.717, 1.165) is 0 Å². The molecular formula is C6H2O13Sb2. The monoisotopic (exact) mass is 524 g/mol. The zero-order valence-electron chi connectivity index (χ0n) is 9.29. The van der Waals surface area contributed by atoms with Gasteiger partial charge in [-0.3, -0.25) is 0 Å². The van der Waals surface area contributed by atoms with Gasteiger partial charge in [-0.25, -0.2) is 0 Å². The number of carbonyl (C=O) groups excluding carboxylic acids is 6. The first-order valence-electron chi connectivity index (χ1n) is 4.29. The summed E-state index contributed by atoms with van der Waals surface area (Å²) >= 11 is -7.76. The molecule has 21 heavy (non-hydrogen) atoms. The molecule has 0 aromatic carbocycles. The predicted octanol–water partition coefficient (Wildman–Crippen LogP) is -4.58. The Morgan fingerprint density at radius 2 is 0.905 bits per heavy atom. The SMILES string of the molecule is O.O=C1[O][Sb]([O]C(=O)C(=O)[O][Sb]2[O]C(=O)C(=O)[O]2)[O]C1=O. The third kappa shape index (κ3) is 4.19. The van der Waals surface area contributed by atoms with Crippen molar-refractivity contribution in [1.29, 1.82) is 0 Å². The third-order valence-corrected chi connectivity index (χ3v) is 6.84. The molecule has 0 atom stereocenters. The summed E-state index contributed by atoms with van der Waals surface area (Å²) in [5.41, 5.74) is 0. The van der Waals surface area contributed by atoms with E-state index in [-0.39, 0.29) is 5.48 Å². The van der Waals surface area contributed by atoms with Crippen molar-refractivity contribution in [2.75, 3.05) is 0 Å². The van der Waals surface area contributed by atoms with E-state index in [1.165, 1.54) is 0 Å². The fourth-order valence-electron chi connectivity index (χ4n) is 0.742. The number of rotatable bonds is 2. The summed E-state index contributed by atoms with van der Waals surface area (Å²) in [6.07, 6.45) is 0. The summed E-state index contributed by atoms with van der Waals surface area (Å²) in [4.78, 5) is 64.8. The van der Waals surface area contributed by atoms with Crippen molar-refractivity contribution in [2.45, 2.75) is 0 Å². The van der Waals surface area contributed by atoms with Gasteiger partial charge < -0.3 is 5.48 Å². The molecule has 0 amide bonds. The van der Waals surface area contributed by atoms with E-state index in [4.69, 9.17) is 0 Å². The Kier molecular flexibility index (Phi) is 5.75. The number of hydrogen-bond donors (Lipinski definition) is 0. The molecule has 2 fully saturated rings. The van der Waals surface area contributed by atoms with Crippen molar-refractivity contribution >= 4 is 78.8 Å². The topological polar surface area (TPSA) is 189 Å². The van der Waals surface area contributed by atoms with Gasteiger partial charge in [0.15, 0.2) is 0 Å². The Labute approximate surface area is 130 Å². The van der Waals surface area contributed by atoms with Crippen LogP contribution < -0.4 is 0 Å². The van der Waals surface area contributed by atoms with E-state index in [2.05, 4.69) is 18.1 Å². The molecule has 0 unspecified atom stereocenters. The zero-order valence-corrected chi connectivity index (χ0v) is 14.4. The van der Waals surface area contributed by atoms with Crippen LogP contribution in [0.2, 0.25) is 0 Å². The molecule has 15 heteroatoms. The molecule has 2 aliphatic heterocycles. The minimum atomic E-state index is -3.88. The van der Waals surface area contributed by atoms with Gasteiger partial charge in [-0.1, -0.05) is 0 Å². The van der Waals surface area contributed by atoms with Crippen molar-refractivity contribution in [1.82, 2.24) is 0 Å². The summed E-state index contributed by atoms with van der Waals surface area (Å²) < 4.78 is 25.7. The Bertz CT molecular complexity index is 459. The van der Waals surface area contributed by atoms with Gasteiger partial charge in [0.05, 0.1) is 0 Å². The average Bonchev–Trinajstić information content (AvgIpc) is 2.83. The second-order valence-electron chi connectivity index (χ2n) is 2.72. The molecule has 2 saturated heterocycles. The summed E-state index contributed by atoms with van der Waals surface area (Å²) in [5, 5.41) is 0. The molecule has 0 bridgehead atoms. The van der Waals surface area contributed by atoms with Gasteiger partial charge in [-0.05, 0) is 0 Å². The van der Waals surface area contributed by atoms with Crippen LogP contribution >= 0.6 is 0 Å². The van der Waals surface area contributed by atoms with E-state index in [1.807, 2.05) is 0 Å². The number of hydrogen-bond acceptors (Lipinski definition) is 12. The van der Waals surface area contributed by atoms with E-state index >= 15 is 0 Å². The first-order valence-corrected chi connectivity index (χ1v) is 10.5. The molecular weight excluding hydrogens is 524 g/mol. The van der Waals surface area contributed by atoms with Gasteiger partial charge in [0.25, 0.3) is 0 Å². The fourth-order valence-corrected chi connectivity index (χ4v) is 4.97. The van der Waals surface area contributed by atoms with Gasteiger partial charge in [-0.15, -0.1) is 0 Å². The predicted molar refractivity (Wildman–Crippen MR) is 51.7 cm³/mol. The van der Waals surface area contributed by atoms with Crippen LogP contribution in [0.15, 0.2) is 0 Å². The van der Waals surface area contributed by atoms with Gasteiger partial charge >= 0.3 is 126 Å². The Morgan fingerprint density at radius 1 is 0.667 bits per heavy atom. The average molecular weight is 526 g/mol. The van der Waals surface area contributed by atoms with Crippen molar-refractivity contribution in [3.63, 3.8) is 0 Å². The van der Waals surface area contributed by atoms with Gasteiger partial charge in [0.2, 0.25) is 0 Å². The molecule has 0 aliphatic carbocycles. The van der Waals surface area contributed by atoms with Crippen LogP contribution in [0.25, 0.3) is 0 Å². The molecule has 2 aliphatic rings. The third-order valence-electron chi connectivity index (χ3n) is 1.44. The molecule has 0 aromatic rings. The van der Waals surface area contributed by atoms with Crippen molar-refractivity contribution < 1.29 is 52.3 Å². The van der Waals surface area contributed by atoms with Crippen LogP contribution in [0.5, 0.6) is 0 Å². The summed E-state index contributed by atoms with van der Waals surface area (Å²) in [6, 6.07) is 0.